The number of hydrogen-bond donors (Lipinski definition) is 3. The number of rotatable bonds is 7. The summed E-state index contributed by atoms with van der Waals surface area (Å²) in [4.78, 5) is 12.0. The number of primary sulfonamides is 1. The molecule has 0 atom stereocenters. The van der Waals surface area contributed by atoms with Crippen LogP contribution >= 0.6 is 0 Å². The second kappa shape index (κ2) is 8.49. The lowest BCUT2D eigenvalue weighted by Crippen LogP contribution is -2.42. The number of hydrogen-bond acceptors (Lipinski definition) is 3. The van der Waals surface area contributed by atoms with Crippen molar-refractivity contribution in [3.05, 3.63) is 65.5 Å². The highest BCUT2D eigenvalue weighted by Gasteiger charge is 2.21. The van der Waals surface area contributed by atoms with Crippen molar-refractivity contribution in [1.29, 1.82) is 0 Å². The van der Waals surface area contributed by atoms with Gasteiger partial charge in [-0.05, 0) is 41.8 Å². The van der Waals surface area contributed by atoms with Crippen LogP contribution in [0.15, 0.2) is 53.4 Å². The third kappa shape index (κ3) is 6.33. The van der Waals surface area contributed by atoms with Crippen LogP contribution in [0.1, 0.15) is 25.0 Å². The Morgan fingerprint density at radius 1 is 1.04 bits per heavy atom. The fourth-order valence-corrected chi connectivity index (χ4v) is 3.05. The summed E-state index contributed by atoms with van der Waals surface area (Å²) in [5, 5.41) is 10.6. The third-order valence-corrected chi connectivity index (χ3v) is 5.20. The molecule has 0 fully saturated rings. The number of halogens is 1. The minimum atomic E-state index is -3.70. The highest BCUT2D eigenvalue weighted by molar-refractivity contribution is 7.89. The highest BCUT2D eigenvalue weighted by atomic mass is 32.2. The molecule has 0 unspecified atom stereocenters. The second-order valence-electron chi connectivity index (χ2n) is 6.94. The molecule has 2 amide bonds. The van der Waals surface area contributed by atoms with E-state index in [1.165, 1.54) is 24.3 Å². The topological polar surface area (TPSA) is 101 Å². The van der Waals surface area contributed by atoms with Crippen molar-refractivity contribution in [2.75, 3.05) is 13.1 Å². The van der Waals surface area contributed by atoms with Gasteiger partial charge >= 0.3 is 6.03 Å². The Kier molecular flexibility index (Phi) is 6.56. The van der Waals surface area contributed by atoms with E-state index in [1.54, 1.807) is 24.3 Å². The summed E-state index contributed by atoms with van der Waals surface area (Å²) in [6, 6.07) is 12.1. The van der Waals surface area contributed by atoms with Crippen LogP contribution in [0.25, 0.3) is 0 Å². The highest BCUT2D eigenvalue weighted by Crippen LogP contribution is 2.22. The average molecular weight is 393 g/mol. The van der Waals surface area contributed by atoms with Gasteiger partial charge in [0.15, 0.2) is 0 Å². The van der Waals surface area contributed by atoms with Crippen molar-refractivity contribution >= 4 is 16.1 Å². The van der Waals surface area contributed by atoms with Gasteiger partial charge in [-0.1, -0.05) is 38.1 Å². The van der Waals surface area contributed by atoms with Gasteiger partial charge < -0.3 is 10.6 Å². The van der Waals surface area contributed by atoms with E-state index in [1.807, 2.05) is 13.8 Å². The lowest BCUT2D eigenvalue weighted by atomic mass is 9.84. The molecule has 146 valence electrons. The molecule has 0 aromatic heterocycles. The van der Waals surface area contributed by atoms with E-state index in [0.29, 0.717) is 19.5 Å². The van der Waals surface area contributed by atoms with E-state index in [-0.39, 0.29) is 22.2 Å². The Labute approximate surface area is 159 Å². The van der Waals surface area contributed by atoms with Crippen molar-refractivity contribution < 1.29 is 17.6 Å². The number of benzene rings is 2. The van der Waals surface area contributed by atoms with Gasteiger partial charge in [0.05, 0.1) is 4.90 Å². The summed E-state index contributed by atoms with van der Waals surface area (Å²) in [6.45, 7) is 4.73. The molecule has 0 saturated carbocycles. The number of urea groups is 1. The summed E-state index contributed by atoms with van der Waals surface area (Å²) < 4.78 is 35.5. The molecule has 0 radical (unpaired) electrons. The molecule has 2 rings (SSSR count). The largest absolute Gasteiger partial charge is 0.338 e. The molecule has 4 N–H and O–H groups in total. The summed E-state index contributed by atoms with van der Waals surface area (Å²) in [7, 11) is -3.70. The lowest BCUT2D eigenvalue weighted by Gasteiger charge is -2.25. The van der Waals surface area contributed by atoms with Crippen LogP contribution in [0.4, 0.5) is 9.18 Å². The Balaban J connectivity index is 1.78. The Morgan fingerprint density at radius 3 is 2.19 bits per heavy atom. The molecule has 0 spiro atoms. The number of nitrogens with one attached hydrogen (secondary N) is 2. The minimum absolute atomic E-state index is 0.0555. The van der Waals surface area contributed by atoms with Crippen molar-refractivity contribution in [2.24, 2.45) is 5.14 Å². The van der Waals surface area contributed by atoms with Gasteiger partial charge in [-0.2, -0.15) is 0 Å². The fourth-order valence-electron chi connectivity index (χ4n) is 2.53. The Morgan fingerprint density at radius 2 is 1.63 bits per heavy atom. The smallest absolute Gasteiger partial charge is 0.314 e. The number of amides is 2. The maximum atomic E-state index is 13.0. The van der Waals surface area contributed by atoms with Gasteiger partial charge in [0.25, 0.3) is 0 Å². The maximum Gasteiger partial charge on any atom is 0.314 e. The number of sulfonamides is 1. The average Bonchev–Trinajstić information content (AvgIpc) is 2.60. The Bertz CT molecular complexity index is 879. The first-order valence-electron chi connectivity index (χ1n) is 8.47. The Hall–Kier alpha value is -2.45. The van der Waals surface area contributed by atoms with Crippen LogP contribution in [0, 0.1) is 5.82 Å². The third-order valence-electron chi connectivity index (χ3n) is 4.27. The first-order valence-corrected chi connectivity index (χ1v) is 10.0. The molecule has 0 aliphatic rings. The normalized spacial score (nSPS) is 11.9. The van der Waals surface area contributed by atoms with Crippen LogP contribution < -0.4 is 15.8 Å². The van der Waals surface area contributed by atoms with Gasteiger partial charge in [0, 0.05) is 18.5 Å². The summed E-state index contributed by atoms with van der Waals surface area (Å²) in [5.74, 6) is -0.294. The summed E-state index contributed by atoms with van der Waals surface area (Å²) >= 11 is 0. The van der Waals surface area contributed by atoms with E-state index in [9.17, 15) is 17.6 Å². The molecule has 0 saturated heterocycles. The zero-order chi connectivity index (χ0) is 20.1. The maximum absolute atomic E-state index is 13.0. The van der Waals surface area contributed by atoms with E-state index in [0.717, 1.165) is 11.1 Å². The molecule has 0 bridgehead atoms. The fraction of sp³-hybridized carbons (Fsp3) is 0.316. The first-order chi connectivity index (χ1) is 12.6. The number of carbonyl (C=O) groups excluding carboxylic acids is 1. The van der Waals surface area contributed by atoms with E-state index in [2.05, 4.69) is 10.6 Å². The number of carbonyl (C=O) groups is 1. The SMILES string of the molecule is CC(C)(CNC(=O)NCCc1ccc(S(N)(=O)=O)cc1)c1ccc(F)cc1. The van der Waals surface area contributed by atoms with Gasteiger partial charge in [-0.25, -0.2) is 22.7 Å². The first kappa shape index (κ1) is 20.9. The van der Waals surface area contributed by atoms with Crippen LogP contribution in [0.5, 0.6) is 0 Å². The molecule has 8 heteroatoms. The van der Waals surface area contributed by atoms with E-state index in [4.69, 9.17) is 5.14 Å². The van der Waals surface area contributed by atoms with Crippen molar-refractivity contribution in [1.82, 2.24) is 10.6 Å². The molecule has 27 heavy (non-hydrogen) atoms. The molecule has 0 aliphatic heterocycles. The van der Waals surface area contributed by atoms with Gasteiger partial charge in [0.1, 0.15) is 5.82 Å². The molecule has 6 nitrogen and oxygen atoms in total. The van der Waals surface area contributed by atoms with Gasteiger partial charge in [0.2, 0.25) is 10.0 Å². The minimum Gasteiger partial charge on any atom is -0.338 e. The molecular formula is C19H24FN3O3S. The summed E-state index contributed by atoms with van der Waals surface area (Å²) in [6.07, 6.45) is 0.555. The van der Waals surface area contributed by atoms with Crippen LogP contribution in [-0.4, -0.2) is 27.5 Å². The zero-order valence-corrected chi connectivity index (χ0v) is 16.1. The van der Waals surface area contributed by atoms with E-state index < -0.39 is 10.0 Å². The van der Waals surface area contributed by atoms with Crippen molar-refractivity contribution in [3.63, 3.8) is 0 Å². The monoisotopic (exact) mass is 393 g/mol. The predicted octanol–water partition coefficient (Wildman–Crippen LogP) is 2.29. The van der Waals surface area contributed by atoms with Crippen molar-refractivity contribution in [3.8, 4) is 0 Å². The second-order valence-corrected chi connectivity index (χ2v) is 8.50. The molecule has 0 aliphatic carbocycles. The molecular weight excluding hydrogens is 369 g/mol. The molecule has 2 aromatic carbocycles. The van der Waals surface area contributed by atoms with E-state index >= 15 is 0 Å². The van der Waals surface area contributed by atoms with Crippen LogP contribution in [0.2, 0.25) is 0 Å². The van der Waals surface area contributed by atoms with Crippen molar-refractivity contribution in [2.45, 2.75) is 30.6 Å². The number of nitrogens with two attached hydrogens (primary N) is 1. The van der Waals surface area contributed by atoms with Crippen LogP contribution in [-0.2, 0) is 21.9 Å². The molecule has 2 aromatic rings. The standard InChI is InChI=1S/C19H24FN3O3S/c1-19(2,15-5-7-16(20)8-6-15)13-23-18(24)22-12-11-14-3-9-17(10-4-14)27(21,25)26/h3-10H,11-13H2,1-2H3,(H2,21,25,26)(H2,22,23,24). The zero-order valence-electron chi connectivity index (χ0n) is 15.3. The summed E-state index contributed by atoms with van der Waals surface area (Å²) in [5.41, 5.74) is 1.47. The molecule has 0 heterocycles. The predicted molar refractivity (Wildman–Crippen MR) is 102 cm³/mol. The quantitative estimate of drug-likeness (QED) is 0.673. The lowest BCUT2D eigenvalue weighted by molar-refractivity contribution is 0.238. The van der Waals surface area contributed by atoms with Gasteiger partial charge in [-0.15, -0.1) is 0 Å². The van der Waals surface area contributed by atoms with Gasteiger partial charge in [-0.3, -0.25) is 0 Å². The van der Waals surface area contributed by atoms with Crippen LogP contribution in [0.3, 0.4) is 0 Å².